The topological polar surface area (TPSA) is 18.5 Å². The Morgan fingerprint density at radius 1 is 1.67 bits per heavy atom. The third kappa shape index (κ3) is 6.41. The van der Waals surface area contributed by atoms with E-state index in [2.05, 4.69) is 13.1 Å². The van der Waals surface area contributed by atoms with Gasteiger partial charge in [-0.25, -0.2) is 0 Å². The Hall–Kier alpha value is 0.528. The van der Waals surface area contributed by atoms with Gasteiger partial charge in [-0.3, -0.25) is 0 Å². The molecule has 0 bridgehead atoms. The highest BCUT2D eigenvalue weighted by molar-refractivity contribution is 6.97. The molecule has 0 N–H and O–H groups in total. The van der Waals surface area contributed by atoms with Crippen LogP contribution in [0.4, 0.5) is 0 Å². The molecular formula is C3H14O2Si4. The van der Waals surface area contributed by atoms with Gasteiger partial charge >= 0.3 is 0 Å². The van der Waals surface area contributed by atoms with Crippen molar-refractivity contribution in [1.29, 1.82) is 0 Å². The fourth-order valence-corrected chi connectivity index (χ4v) is 9.18. The molecule has 0 aliphatic rings. The second kappa shape index (κ2) is 6.64. The maximum Gasteiger partial charge on any atom is 0.183 e. The SMILES string of the molecule is C=C[SiH](C)O[SiH2][SiH2]O[SiH3]. The number of hydrogen-bond acceptors (Lipinski definition) is 2. The minimum atomic E-state index is -0.917. The molecule has 0 saturated heterocycles. The first kappa shape index (κ1) is 9.53. The lowest BCUT2D eigenvalue weighted by molar-refractivity contribution is 0.624. The molecule has 2 nitrogen and oxygen atoms in total. The molecule has 1 atom stereocenters. The standard InChI is InChI=1S/C3H14O2Si4/c1-3-9(2)5-8-7-4-6/h3,9H,1,7-8H2,2,6H3. The molecule has 0 saturated carbocycles. The molecule has 0 fully saturated rings. The van der Waals surface area contributed by atoms with Crippen LogP contribution in [0.5, 0.6) is 0 Å². The van der Waals surface area contributed by atoms with Crippen molar-refractivity contribution in [3.05, 3.63) is 12.3 Å². The quantitative estimate of drug-likeness (QED) is 0.355. The highest BCUT2D eigenvalue weighted by atomic mass is 29.2. The van der Waals surface area contributed by atoms with Crippen LogP contribution >= 0.6 is 0 Å². The van der Waals surface area contributed by atoms with E-state index in [0.29, 0.717) is 0 Å². The first-order valence-electron chi connectivity index (χ1n) is 3.04. The molecule has 0 aromatic heterocycles. The van der Waals surface area contributed by atoms with Crippen LogP contribution in [-0.2, 0) is 8.23 Å². The molecule has 0 aromatic rings. The van der Waals surface area contributed by atoms with Crippen LogP contribution in [0.1, 0.15) is 0 Å². The van der Waals surface area contributed by atoms with Crippen molar-refractivity contribution in [2.45, 2.75) is 6.55 Å². The second-order valence-corrected chi connectivity index (χ2v) is 10.6. The molecule has 6 heteroatoms. The van der Waals surface area contributed by atoms with Crippen LogP contribution in [0, 0.1) is 0 Å². The lowest BCUT2D eigenvalue weighted by atomic mass is 11.3. The summed E-state index contributed by atoms with van der Waals surface area (Å²) in [6.45, 7) is 5.84. The fraction of sp³-hybridized carbons (Fsp3) is 0.333. The largest absolute Gasteiger partial charge is 0.468 e. The van der Waals surface area contributed by atoms with Crippen LogP contribution in [0.2, 0.25) is 6.55 Å². The van der Waals surface area contributed by atoms with Crippen LogP contribution < -0.4 is 0 Å². The minimum absolute atomic E-state index is 0.165. The third-order valence-corrected chi connectivity index (χ3v) is 12.8. The van der Waals surface area contributed by atoms with Crippen LogP contribution in [0.3, 0.4) is 0 Å². The van der Waals surface area contributed by atoms with Gasteiger partial charge in [-0.2, -0.15) is 0 Å². The highest BCUT2D eigenvalue weighted by Crippen LogP contribution is 1.81. The highest BCUT2D eigenvalue weighted by Gasteiger charge is 1.96. The monoisotopic (exact) mass is 194 g/mol. The first-order chi connectivity index (χ1) is 4.31. The molecule has 1 unspecified atom stereocenters. The van der Waals surface area contributed by atoms with Crippen molar-refractivity contribution >= 4 is 38.1 Å². The van der Waals surface area contributed by atoms with E-state index in [1.165, 1.54) is 0 Å². The molecule has 0 radical (unpaired) electrons. The predicted molar refractivity (Wildman–Crippen MR) is 52.4 cm³/mol. The summed E-state index contributed by atoms with van der Waals surface area (Å²) >= 11 is 0. The van der Waals surface area contributed by atoms with Gasteiger partial charge in [0.05, 0.1) is 0 Å². The fourth-order valence-electron chi connectivity index (χ4n) is 0.385. The van der Waals surface area contributed by atoms with Crippen molar-refractivity contribution in [2.75, 3.05) is 0 Å². The molecule has 0 aromatic carbocycles. The Morgan fingerprint density at radius 2 is 2.33 bits per heavy atom. The Morgan fingerprint density at radius 3 is 2.78 bits per heavy atom. The summed E-state index contributed by atoms with van der Waals surface area (Å²) in [6, 6.07) is 0. The predicted octanol–water partition coefficient (Wildman–Crippen LogP) is -2.54. The van der Waals surface area contributed by atoms with Gasteiger partial charge in [0, 0.05) is 0 Å². The number of hydrogen-bond donors (Lipinski definition) is 0. The van der Waals surface area contributed by atoms with Crippen molar-refractivity contribution < 1.29 is 8.23 Å². The Bertz CT molecular complexity index is 78.2. The van der Waals surface area contributed by atoms with Crippen molar-refractivity contribution in [3.8, 4) is 0 Å². The van der Waals surface area contributed by atoms with E-state index in [1.807, 2.05) is 5.70 Å². The summed E-state index contributed by atoms with van der Waals surface area (Å²) in [5, 5.41) is 0. The van der Waals surface area contributed by atoms with Gasteiger partial charge in [0.25, 0.3) is 0 Å². The summed E-state index contributed by atoms with van der Waals surface area (Å²) in [6.07, 6.45) is 0. The summed E-state index contributed by atoms with van der Waals surface area (Å²) in [5.74, 6) is 0. The van der Waals surface area contributed by atoms with Crippen molar-refractivity contribution in [2.24, 2.45) is 0 Å². The zero-order valence-electron chi connectivity index (χ0n) is 6.09. The van der Waals surface area contributed by atoms with Crippen LogP contribution in [0.25, 0.3) is 0 Å². The normalized spacial score (nSPS) is 16.1. The third-order valence-electron chi connectivity index (χ3n) is 1.00. The maximum absolute atomic E-state index is 5.55. The van der Waals surface area contributed by atoms with E-state index < -0.39 is 9.04 Å². The average Bonchev–Trinajstić information content (AvgIpc) is 1.89. The van der Waals surface area contributed by atoms with Gasteiger partial charge in [-0.05, 0) is 6.55 Å². The average molecular weight is 194 g/mol. The van der Waals surface area contributed by atoms with Gasteiger partial charge in [-0.15, -0.1) is 6.58 Å². The summed E-state index contributed by atoms with van der Waals surface area (Å²) in [4.78, 5) is 0. The van der Waals surface area contributed by atoms with E-state index in [1.54, 1.807) is 0 Å². The molecule has 0 heterocycles. The van der Waals surface area contributed by atoms with Gasteiger partial charge in [-0.1, -0.05) is 5.70 Å². The van der Waals surface area contributed by atoms with E-state index in [4.69, 9.17) is 8.23 Å². The summed E-state index contributed by atoms with van der Waals surface area (Å²) in [7, 11) is -0.381. The molecule has 0 aliphatic carbocycles. The second-order valence-electron chi connectivity index (χ2n) is 1.80. The first-order valence-corrected chi connectivity index (χ1v) is 11.3. The molecular weight excluding hydrogens is 180 g/mol. The zero-order chi connectivity index (χ0) is 7.11. The summed E-state index contributed by atoms with van der Waals surface area (Å²) in [5.41, 5.74) is 1.97. The lowest BCUT2D eigenvalue weighted by Gasteiger charge is -2.04. The van der Waals surface area contributed by atoms with Crippen molar-refractivity contribution in [3.63, 3.8) is 0 Å². The zero-order valence-corrected chi connectivity index (χ0v) is 12.1. The molecule has 0 aliphatic heterocycles. The molecule has 9 heavy (non-hydrogen) atoms. The molecule has 0 rings (SSSR count). The Balaban J connectivity index is 2.96. The molecule has 54 valence electrons. The number of rotatable bonds is 5. The summed E-state index contributed by atoms with van der Waals surface area (Å²) < 4.78 is 10.7. The smallest absolute Gasteiger partial charge is 0.183 e. The van der Waals surface area contributed by atoms with Gasteiger partial charge < -0.3 is 8.23 Å². The Kier molecular flexibility index (Phi) is 7.03. The van der Waals surface area contributed by atoms with Gasteiger partial charge in [0.1, 0.15) is 10.5 Å². The van der Waals surface area contributed by atoms with Crippen LogP contribution in [0.15, 0.2) is 12.3 Å². The molecule has 0 amide bonds. The van der Waals surface area contributed by atoms with Gasteiger partial charge in [0.2, 0.25) is 0 Å². The lowest BCUT2D eigenvalue weighted by Crippen LogP contribution is -2.19. The Labute approximate surface area is 65.6 Å². The van der Waals surface area contributed by atoms with Gasteiger partial charge in [0.15, 0.2) is 27.6 Å². The maximum atomic E-state index is 5.55. The van der Waals surface area contributed by atoms with E-state index >= 15 is 0 Å². The van der Waals surface area contributed by atoms with E-state index in [0.717, 1.165) is 10.5 Å². The van der Waals surface area contributed by atoms with Crippen molar-refractivity contribution in [1.82, 2.24) is 0 Å². The van der Waals surface area contributed by atoms with Crippen LogP contribution in [-0.4, -0.2) is 38.1 Å². The van der Waals surface area contributed by atoms with E-state index in [-0.39, 0.29) is 18.6 Å². The van der Waals surface area contributed by atoms with E-state index in [9.17, 15) is 0 Å². The minimum Gasteiger partial charge on any atom is -0.468 e. The molecule has 0 spiro atoms.